The van der Waals surface area contributed by atoms with Crippen molar-refractivity contribution < 1.29 is 29.3 Å². The van der Waals surface area contributed by atoms with E-state index in [1.807, 2.05) is 32.9 Å². The molecule has 0 aromatic rings. The number of ketones is 1. The van der Waals surface area contributed by atoms with Crippen LogP contribution in [0.25, 0.3) is 0 Å². The number of aliphatic imine (C=N–C) groups is 3. The molecule has 6 aliphatic rings. The van der Waals surface area contributed by atoms with Gasteiger partial charge in [-0.15, -0.1) is 0 Å². The fourth-order valence-corrected chi connectivity index (χ4v) is 6.99. The van der Waals surface area contributed by atoms with Crippen LogP contribution in [0.5, 0.6) is 0 Å². The Balaban J connectivity index is 1.69. The molecule has 0 unspecified atom stereocenters. The van der Waals surface area contributed by atoms with Gasteiger partial charge >= 0.3 is 11.9 Å². The Bertz CT molecular complexity index is 1870. The molecule has 1 saturated carbocycles. The number of carbonyl (C=O) groups is 3. The molecule has 45 heavy (non-hydrogen) atoms. The molecular weight excluding hydrogens is 572 g/mol. The van der Waals surface area contributed by atoms with Crippen molar-refractivity contribution in [1.82, 2.24) is 5.32 Å². The van der Waals surface area contributed by atoms with Crippen molar-refractivity contribution in [3.05, 3.63) is 105 Å². The van der Waals surface area contributed by atoms with Crippen molar-refractivity contribution in [1.29, 1.82) is 0 Å². The van der Waals surface area contributed by atoms with E-state index in [0.29, 0.717) is 68.6 Å². The number of aliphatic hydroxyl groups is 1. The van der Waals surface area contributed by atoms with Crippen LogP contribution in [-0.2, 0) is 19.1 Å². The highest BCUT2D eigenvalue weighted by Gasteiger charge is 2.51. The summed E-state index contributed by atoms with van der Waals surface area (Å²) in [4.78, 5) is 53.6. The van der Waals surface area contributed by atoms with Gasteiger partial charge in [0.25, 0.3) is 0 Å². The quantitative estimate of drug-likeness (QED) is 0.211. The van der Waals surface area contributed by atoms with Crippen molar-refractivity contribution in [3.63, 3.8) is 0 Å². The number of allylic oxidation sites excluding steroid dienone is 11. The predicted octanol–water partition coefficient (Wildman–Crippen LogP) is 5.29. The number of carboxylic acids is 1. The predicted molar refractivity (Wildman–Crippen MR) is 170 cm³/mol. The summed E-state index contributed by atoms with van der Waals surface area (Å²) < 4.78 is 5.11. The van der Waals surface area contributed by atoms with Gasteiger partial charge in [0.05, 0.1) is 47.6 Å². The standard InChI is InChI=1S/C35H34N4O6/c1-7-18-15(3)22-11-23-16(4)20(9-10-28(41)42)32(38-23)30-31(35(44)45-6)34(43)29-17(5)24(39-33(29)30)12-26-19(8-2)21(14-40)27(37-26)13-25(18)36-22/h7,11-14,16,20,31,38,40H,1,8-10H2,2-6H3,(H,41,42)/t16-,20-,31+/m0/s1. The normalized spacial score (nSPS) is 26.2. The molecule has 230 valence electrons. The number of hydrogen-bond acceptors (Lipinski definition) is 9. The second kappa shape index (κ2) is 11.1. The third kappa shape index (κ3) is 4.54. The highest BCUT2D eigenvalue weighted by atomic mass is 16.5. The van der Waals surface area contributed by atoms with Crippen LogP contribution in [0, 0.1) is 17.8 Å². The lowest BCUT2D eigenvalue weighted by Crippen LogP contribution is -2.26. The molecule has 1 saturated heterocycles. The molecule has 0 spiro atoms. The lowest BCUT2D eigenvalue weighted by atomic mass is 9.85. The zero-order valence-corrected chi connectivity index (χ0v) is 25.8. The molecular formula is C35H34N4O6. The van der Waals surface area contributed by atoms with Crippen LogP contribution < -0.4 is 5.32 Å². The van der Waals surface area contributed by atoms with Crippen LogP contribution in [0.15, 0.2) is 120 Å². The minimum absolute atomic E-state index is 0.0981. The van der Waals surface area contributed by atoms with E-state index in [4.69, 9.17) is 19.7 Å². The van der Waals surface area contributed by atoms with Crippen molar-refractivity contribution in [2.75, 3.05) is 7.11 Å². The average Bonchev–Trinajstić information content (AvgIpc) is 3.76. The Hall–Kier alpha value is -5.12. The molecule has 10 nitrogen and oxygen atoms in total. The third-order valence-corrected chi connectivity index (χ3v) is 9.40. The van der Waals surface area contributed by atoms with E-state index >= 15 is 0 Å². The maximum absolute atomic E-state index is 14.0. The van der Waals surface area contributed by atoms with Gasteiger partial charge in [0.15, 0.2) is 5.78 Å². The molecule has 10 heteroatoms. The highest BCUT2D eigenvalue weighted by molar-refractivity contribution is 6.42. The van der Waals surface area contributed by atoms with Gasteiger partial charge in [-0.3, -0.25) is 14.4 Å². The Morgan fingerprint density at radius 3 is 2.49 bits per heavy atom. The van der Waals surface area contributed by atoms with Crippen molar-refractivity contribution in [2.45, 2.75) is 47.0 Å². The molecule has 0 aromatic carbocycles. The van der Waals surface area contributed by atoms with Gasteiger partial charge < -0.3 is 20.3 Å². The minimum atomic E-state index is -1.24. The number of ether oxygens (including phenoxy) is 1. The fraction of sp³-hybridized carbons (Fsp3) is 0.314. The molecule has 5 aliphatic heterocycles. The molecule has 1 aliphatic carbocycles. The number of aliphatic hydroxyl groups excluding tert-OH is 1. The van der Waals surface area contributed by atoms with E-state index in [0.717, 1.165) is 28.7 Å². The number of carbonyl (C=O) groups excluding carboxylic acids is 2. The Morgan fingerprint density at radius 1 is 1.09 bits per heavy atom. The molecule has 3 atom stereocenters. The molecule has 6 rings (SSSR count). The number of hydrogen-bond donors (Lipinski definition) is 3. The molecule has 3 N–H and O–H groups in total. The third-order valence-electron chi connectivity index (χ3n) is 9.40. The number of aliphatic carboxylic acids is 1. The lowest BCUT2D eigenvalue weighted by Gasteiger charge is -2.18. The molecule has 8 bridgehead atoms. The van der Waals surface area contributed by atoms with Crippen molar-refractivity contribution in [2.24, 2.45) is 32.7 Å². The average molecular weight is 607 g/mol. The number of nitrogens with one attached hydrogen (secondary N) is 1. The molecule has 0 aromatic heterocycles. The number of rotatable bonds is 6. The summed E-state index contributed by atoms with van der Waals surface area (Å²) >= 11 is 0. The van der Waals surface area contributed by atoms with Crippen LogP contribution in [0.2, 0.25) is 0 Å². The largest absolute Gasteiger partial charge is 0.515 e. The van der Waals surface area contributed by atoms with E-state index in [9.17, 15) is 24.6 Å². The number of methoxy groups -OCH3 is 1. The van der Waals surface area contributed by atoms with Gasteiger partial charge in [-0.2, -0.15) is 0 Å². The number of nitrogens with zero attached hydrogens (tertiary/aromatic N) is 3. The number of carboxylic acid groups (broad SMARTS) is 1. The summed E-state index contributed by atoms with van der Waals surface area (Å²) in [5, 5.41) is 23.4. The first-order valence-corrected chi connectivity index (χ1v) is 14.9. The summed E-state index contributed by atoms with van der Waals surface area (Å²) in [5.41, 5.74) is 9.16. The van der Waals surface area contributed by atoms with Crippen molar-refractivity contribution >= 4 is 34.9 Å². The first-order valence-electron chi connectivity index (χ1n) is 14.9. The number of esters is 1. The van der Waals surface area contributed by atoms with E-state index in [2.05, 4.69) is 11.9 Å². The molecule has 0 amide bonds. The van der Waals surface area contributed by atoms with Gasteiger partial charge in [-0.25, -0.2) is 15.0 Å². The van der Waals surface area contributed by atoms with E-state index in [-0.39, 0.29) is 24.7 Å². The van der Waals surface area contributed by atoms with E-state index in [1.165, 1.54) is 7.11 Å². The monoisotopic (exact) mass is 606 g/mol. The van der Waals surface area contributed by atoms with Gasteiger partial charge in [0.1, 0.15) is 5.92 Å². The summed E-state index contributed by atoms with van der Waals surface area (Å²) in [6.45, 7) is 11.7. The van der Waals surface area contributed by atoms with Crippen LogP contribution in [0.1, 0.15) is 47.0 Å². The summed E-state index contributed by atoms with van der Waals surface area (Å²) in [7, 11) is 1.24. The Morgan fingerprint density at radius 2 is 1.84 bits per heavy atom. The zero-order chi connectivity index (χ0) is 32.3. The summed E-state index contributed by atoms with van der Waals surface area (Å²) in [6, 6.07) is 0. The Labute approximate surface area is 260 Å². The summed E-state index contributed by atoms with van der Waals surface area (Å²) in [5.74, 6) is -3.83. The van der Waals surface area contributed by atoms with Gasteiger partial charge in [-0.1, -0.05) is 26.5 Å². The highest BCUT2D eigenvalue weighted by Crippen LogP contribution is 2.47. The van der Waals surface area contributed by atoms with E-state index in [1.54, 1.807) is 19.1 Å². The van der Waals surface area contributed by atoms with E-state index < -0.39 is 23.6 Å². The van der Waals surface area contributed by atoms with Gasteiger partial charge in [-0.05, 0) is 61.6 Å². The molecule has 5 heterocycles. The molecule has 0 radical (unpaired) electrons. The maximum atomic E-state index is 14.0. The first-order chi connectivity index (χ1) is 21.5. The SMILES string of the molecule is C=CC1=C(C)C2=NC1=CC1=NC(=C(CC)C1=CO)C=C1N=C3C(=C1C)C(=O)[C@H](C(=O)OC)C3=C1NC(=C2)[C@@H](C)[C@@H]1CCC(=O)O. The lowest BCUT2D eigenvalue weighted by molar-refractivity contribution is -0.146. The Kier molecular flexibility index (Phi) is 7.39. The van der Waals surface area contributed by atoms with Crippen LogP contribution in [-0.4, -0.2) is 52.2 Å². The topological polar surface area (TPSA) is 150 Å². The number of fused-ring (bicyclic) bond motifs is 5. The van der Waals surface area contributed by atoms with Gasteiger partial charge in [0.2, 0.25) is 0 Å². The second-order valence-corrected chi connectivity index (χ2v) is 11.7. The first kappa shape index (κ1) is 29.9. The van der Waals surface area contributed by atoms with Crippen LogP contribution >= 0.6 is 0 Å². The van der Waals surface area contributed by atoms with Crippen molar-refractivity contribution in [3.8, 4) is 0 Å². The maximum Gasteiger partial charge on any atom is 0.321 e. The fourth-order valence-electron chi connectivity index (χ4n) is 6.99. The smallest absolute Gasteiger partial charge is 0.321 e. The minimum Gasteiger partial charge on any atom is -0.515 e. The van der Waals surface area contributed by atoms with Crippen LogP contribution in [0.3, 0.4) is 0 Å². The zero-order valence-electron chi connectivity index (χ0n) is 25.8. The summed E-state index contributed by atoms with van der Waals surface area (Å²) in [6.07, 6.45) is 9.09. The molecule has 2 fully saturated rings. The van der Waals surface area contributed by atoms with Crippen LogP contribution in [0.4, 0.5) is 0 Å². The number of Topliss-reactive ketones (excluding diaryl/α,β-unsaturated/α-hetero) is 1. The van der Waals surface area contributed by atoms with Gasteiger partial charge in [0, 0.05) is 51.9 Å². The second-order valence-electron chi connectivity index (χ2n) is 11.7.